The first-order chi connectivity index (χ1) is 12.1. The predicted octanol–water partition coefficient (Wildman–Crippen LogP) is 3.52. The van der Waals surface area contributed by atoms with Gasteiger partial charge in [0.25, 0.3) is 0 Å². The molecule has 0 spiro atoms. The van der Waals surface area contributed by atoms with Gasteiger partial charge >= 0.3 is 0 Å². The highest BCUT2D eigenvalue weighted by molar-refractivity contribution is 7.10. The normalized spacial score (nSPS) is 21.8. The van der Waals surface area contributed by atoms with Crippen molar-refractivity contribution in [2.45, 2.75) is 25.9 Å². The van der Waals surface area contributed by atoms with Crippen LogP contribution in [-0.2, 0) is 9.53 Å². The van der Waals surface area contributed by atoms with Gasteiger partial charge < -0.3 is 14.4 Å². The van der Waals surface area contributed by atoms with Crippen molar-refractivity contribution in [1.82, 2.24) is 9.88 Å². The molecular weight excluding hydrogens is 336 g/mol. The van der Waals surface area contributed by atoms with E-state index in [0.29, 0.717) is 19.7 Å². The van der Waals surface area contributed by atoms with Crippen molar-refractivity contribution < 1.29 is 14.3 Å². The lowest BCUT2D eigenvalue weighted by atomic mass is 10.1. The summed E-state index contributed by atoms with van der Waals surface area (Å²) >= 11 is 1.58. The Morgan fingerprint density at radius 3 is 2.96 bits per heavy atom. The lowest BCUT2D eigenvalue weighted by molar-refractivity contribution is -0.144. The second kappa shape index (κ2) is 6.42. The molecule has 2 heterocycles. The SMILES string of the molecule is COc1ccccc1-c1csc(C2CN(C(=O)C3(C)CC3)CCO2)n1. The van der Waals surface area contributed by atoms with Crippen molar-refractivity contribution in [3.05, 3.63) is 34.7 Å². The molecule has 0 radical (unpaired) electrons. The maximum atomic E-state index is 12.6. The van der Waals surface area contributed by atoms with Gasteiger partial charge in [0.2, 0.25) is 5.91 Å². The molecule has 1 aliphatic heterocycles. The number of benzene rings is 1. The predicted molar refractivity (Wildman–Crippen MR) is 96.7 cm³/mol. The molecule has 2 aromatic rings. The third-order valence-electron chi connectivity index (χ3n) is 5.05. The number of carbonyl (C=O) groups excluding carboxylic acids is 1. The van der Waals surface area contributed by atoms with Crippen LogP contribution in [0.5, 0.6) is 5.75 Å². The van der Waals surface area contributed by atoms with Crippen molar-refractivity contribution in [1.29, 1.82) is 0 Å². The van der Waals surface area contributed by atoms with E-state index in [2.05, 4.69) is 6.92 Å². The number of rotatable bonds is 4. The van der Waals surface area contributed by atoms with Gasteiger partial charge in [0.1, 0.15) is 16.9 Å². The van der Waals surface area contributed by atoms with E-state index in [1.54, 1.807) is 18.4 Å². The van der Waals surface area contributed by atoms with Gasteiger partial charge in [0.15, 0.2) is 0 Å². The van der Waals surface area contributed by atoms with Gasteiger partial charge in [0.05, 0.1) is 26.0 Å². The minimum atomic E-state index is -0.145. The number of hydrogen-bond acceptors (Lipinski definition) is 5. The third-order valence-corrected chi connectivity index (χ3v) is 5.99. The molecule has 1 saturated carbocycles. The van der Waals surface area contributed by atoms with E-state index in [9.17, 15) is 4.79 Å². The van der Waals surface area contributed by atoms with Crippen LogP contribution in [0, 0.1) is 5.41 Å². The average molecular weight is 358 g/mol. The fourth-order valence-electron chi connectivity index (χ4n) is 3.18. The minimum Gasteiger partial charge on any atom is -0.496 e. The van der Waals surface area contributed by atoms with Crippen LogP contribution >= 0.6 is 11.3 Å². The summed E-state index contributed by atoms with van der Waals surface area (Å²) in [5, 5.41) is 2.94. The zero-order valence-corrected chi connectivity index (χ0v) is 15.3. The average Bonchev–Trinajstić information content (AvgIpc) is 3.22. The number of morpholine rings is 1. The number of para-hydroxylation sites is 1. The topological polar surface area (TPSA) is 51.7 Å². The molecule has 132 valence electrons. The Hall–Kier alpha value is -1.92. The minimum absolute atomic E-state index is 0.132. The molecule has 0 bridgehead atoms. The van der Waals surface area contributed by atoms with E-state index in [1.165, 1.54) is 0 Å². The number of thiazole rings is 1. The fourth-order valence-corrected chi connectivity index (χ4v) is 4.04. The Kier molecular flexibility index (Phi) is 4.25. The summed E-state index contributed by atoms with van der Waals surface area (Å²) in [6.45, 7) is 3.89. The molecule has 2 fully saturated rings. The first-order valence-corrected chi connectivity index (χ1v) is 9.48. The van der Waals surface area contributed by atoms with Crippen molar-refractivity contribution in [2.24, 2.45) is 5.41 Å². The van der Waals surface area contributed by atoms with Gasteiger partial charge in [-0.2, -0.15) is 0 Å². The van der Waals surface area contributed by atoms with Gasteiger partial charge in [0, 0.05) is 22.9 Å². The standard InChI is InChI=1S/C19H22N2O3S/c1-19(7-8-19)18(22)21-9-10-24-16(11-21)17-20-14(12-25-17)13-5-3-4-6-15(13)23-2/h3-6,12,16H,7-11H2,1-2H3. The first-order valence-electron chi connectivity index (χ1n) is 8.60. The Morgan fingerprint density at radius 2 is 2.20 bits per heavy atom. The van der Waals surface area contributed by atoms with Gasteiger partial charge in [-0.15, -0.1) is 11.3 Å². The van der Waals surface area contributed by atoms with Crippen LogP contribution in [0.15, 0.2) is 29.6 Å². The van der Waals surface area contributed by atoms with Crippen LogP contribution in [0.1, 0.15) is 30.9 Å². The smallest absolute Gasteiger partial charge is 0.228 e. The molecule has 6 heteroatoms. The number of amides is 1. The molecule has 1 unspecified atom stereocenters. The van der Waals surface area contributed by atoms with E-state index in [1.807, 2.05) is 34.5 Å². The van der Waals surface area contributed by atoms with Crippen molar-refractivity contribution in [3.63, 3.8) is 0 Å². The van der Waals surface area contributed by atoms with Crippen LogP contribution in [0.4, 0.5) is 0 Å². The number of aromatic nitrogens is 1. The molecule has 1 aromatic carbocycles. The molecule has 1 saturated heterocycles. The van der Waals surface area contributed by atoms with E-state index >= 15 is 0 Å². The highest BCUT2D eigenvalue weighted by atomic mass is 32.1. The highest BCUT2D eigenvalue weighted by Crippen LogP contribution is 2.47. The maximum Gasteiger partial charge on any atom is 0.228 e. The summed E-state index contributed by atoms with van der Waals surface area (Å²) in [4.78, 5) is 19.3. The zero-order chi connectivity index (χ0) is 17.4. The highest BCUT2D eigenvalue weighted by Gasteiger charge is 2.48. The molecule has 2 aliphatic rings. The summed E-state index contributed by atoms with van der Waals surface area (Å²) < 4.78 is 11.3. The van der Waals surface area contributed by atoms with Gasteiger partial charge in [-0.05, 0) is 25.0 Å². The monoisotopic (exact) mass is 358 g/mol. The molecule has 25 heavy (non-hydrogen) atoms. The molecule has 1 aliphatic carbocycles. The van der Waals surface area contributed by atoms with Crippen molar-refractivity contribution >= 4 is 17.2 Å². The molecule has 0 N–H and O–H groups in total. The quantitative estimate of drug-likeness (QED) is 0.839. The Bertz CT molecular complexity index is 784. The lowest BCUT2D eigenvalue weighted by Crippen LogP contribution is -2.45. The molecule has 1 aromatic heterocycles. The largest absolute Gasteiger partial charge is 0.496 e. The summed E-state index contributed by atoms with van der Waals surface area (Å²) in [5.41, 5.74) is 1.73. The molecular formula is C19H22N2O3S. The Morgan fingerprint density at radius 1 is 1.40 bits per heavy atom. The molecule has 1 amide bonds. The van der Waals surface area contributed by atoms with Crippen molar-refractivity contribution in [2.75, 3.05) is 26.8 Å². The van der Waals surface area contributed by atoms with Crippen LogP contribution in [0.3, 0.4) is 0 Å². The lowest BCUT2D eigenvalue weighted by Gasteiger charge is -2.33. The number of carbonyl (C=O) groups is 1. The second-order valence-corrected chi connectivity index (χ2v) is 7.83. The van der Waals surface area contributed by atoms with Crippen LogP contribution in [0.25, 0.3) is 11.3 Å². The fraction of sp³-hybridized carbons (Fsp3) is 0.474. The van der Waals surface area contributed by atoms with Gasteiger partial charge in [-0.25, -0.2) is 4.98 Å². The van der Waals surface area contributed by atoms with Gasteiger partial charge in [-0.1, -0.05) is 19.1 Å². The summed E-state index contributed by atoms with van der Waals surface area (Å²) in [5.74, 6) is 1.07. The maximum absolute atomic E-state index is 12.6. The number of methoxy groups -OCH3 is 1. The number of nitrogens with zero attached hydrogens (tertiary/aromatic N) is 2. The van der Waals surface area contributed by atoms with Crippen LogP contribution in [-0.4, -0.2) is 42.6 Å². The van der Waals surface area contributed by atoms with Crippen LogP contribution < -0.4 is 4.74 Å². The molecule has 1 atom stereocenters. The van der Waals surface area contributed by atoms with E-state index in [4.69, 9.17) is 14.5 Å². The molecule has 5 nitrogen and oxygen atoms in total. The van der Waals surface area contributed by atoms with E-state index < -0.39 is 0 Å². The number of hydrogen-bond donors (Lipinski definition) is 0. The van der Waals surface area contributed by atoms with E-state index in [0.717, 1.165) is 34.9 Å². The van der Waals surface area contributed by atoms with Crippen molar-refractivity contribution in [3.8, 4) is 17.0 Å². The van der Waals surface area contributed by atoms with Gasteiger partial charge in [-0.3, -0.25) is 4.79 Å². The summed E-state index contributed by atoms with van der Waals surface area (Å²) in [6.07, 6.45) is 1.86. The van der Waals surface area contributed by atoms with Crippen LogP contribution in [0.2, 0.25) is 0 Å². The Labute approximate surface area is 151 Å². The zero-order valence-electron chi connectivity index (χ0n) is 14.5. The van der Waals surface area contributed by atoms with E-state index in [-0.39, 0.29) is 17.4 Å². The second-order valence-electron chi connectivity index (χ2n) is 6.94. The summed E-state index contributed by atoms with van der Waals surface area (Å²) in [7, 11) is 1.66. The molecule has 4 rings (SSSR count). The number of ether oxygens (including phenoxy) is 2. The Balaban J connectivity index is 1.52. The third kappa shape index (κ3) is 3.16. The first kappa shape index (κ1) is 16.5. The summed E-state index contributed by atoms with van der Waals surface area (Å²) in [6, 6.07) is 7.86.